The number of hydrogen-bond donors (Lipinski definition) is 0. The molecule has 0 radical (unpaired) electrons. The van der Waals surface area contributed by atoms with Gasteiger partial charge < -0.3 is 9.64 Å². The first-order valence-electron chi connectivity index (χ1n) is 8.70. The largest absolute Gasteiger partial charge is 0.481 e. The molecule has 1 aromatic carbocycles. The van der Waals surface area contributed by atoms with Gasteiger partial charge in [0.25, 0.3) is 5.91 Å². The molecule has 0 bridgehead atoms. The van der Waals surface area contributed by atoms with Crippen LogP contribution in [0.15, 0.2) is 48.8 Å². The van der Waals surface area contributed by atoms with Crippen LogP contribution >= 0.6 is 0 Å². The van der Waals surface area contributed by atoms with Gasteiger partial charge in [-0.3, -0.25) is 9.78 Å². The van der Waals surface area contributed by atoms with Crippen LogP contribution in [0, 0.1) is 0 Å². The number of benzene rings is 1. The Hall–Kier alpha value is -2.36. The van der Waals surface area contributed by atoms with Gasteiger partial charge in [0.1, 0.15) is 5.75 Å². The second-order valence-corrected chi connectivity index (χ2v) is 7.55. The second-order valence-electron chi connectivity index (χ2n) is 7.55. The number of carbonyl (C=O) groups excluding carboxylic acids is 1. The van der Waals surface area contributed by atoms with Crippen LogP contribution in [0.2, 0.25) is 0 Å². The van der Waals surface area contributed by atoms with Crippen LogP contribution in [0.4, 0.5) is 5.69 Å². The van der Waals surface area contributed by atoms with E-state index >= 15 is 0 Å². The molecule has 134 valence electrons. The Morgan fingerprint density at radius 3 is 2.20 bits per heavy atom. The first-order valence-corrected chi connectivity index (χ1v) is 8.70. The van der Waals surface area contributed by atoms with Gasteiger partial charge in [-0.25, -0.2) is 0 Å². The highest BCUT2D eigenvalue weighted by atomic mass is 16.5. The van der Waals surface area contributed by atoms with Crippen LogP contribution in [-0.2, 0) is 10.2 Å². The second kappa shape index (κ2) is 7.68. The lowest BCUT2D eigenvalue weighted by Crippen LogP contribution is -2.44. The lowest BCUT2D eigenvalue weighted by molar-refractivity contribution is -0.125. The van der Waals surface area contributed by atoms with E-state index in [0.717, 1.165) is 5.69 Å². The maximum absolute atomic E-state index is 12.9. The van der Waals surface area contributed by atoms with E-state index in [2.05, 4.69) is 25.8 Å². The van der Waals surface area contributed by atoms with E-state index in [0.29, 0.717) is 5.75 Å². The van der Waals surface area contributed by atoms with E-state index in [4.69, 9.17) is 4.74 Å². The summed E-state index contributed by atoms with van der Waals surface area (Å²) in [5.74, 6) is 0.617. The number of amides is 1. The number of pyridine rings is 1. The molecule has 25 heavy (non-hydrogen) atoms. The molecule has 0 aliphatic carbocycles. The quantitative estimate of drug-likeness (QED) is 0.799. The van der Waals surface area contributed by atoms with Gasteiger partial charge in [-0.2, -0.15) is 0 Å². The number of ether oxygens (including phenoxy) is 1. The molecule has 4 nitrogen and oxygen atoms in total. The zero-order valence-electron chi connectivity index (χ0n) is 16.0. The van der Waals surface area contributed by atoms with Crippen LogP contribution < -0.4 is 9.64 Å². The monoisotopic (exact) mass is 340 g/mol. The average molecular weight is 340 g/mol. The van der Waals surface area contributed by atoms with Crippen LogP contribution in [0.3, 0.4) is 0 Å². The molecule has 2 aromatic rings. The molecule has 0 N–H and O–H groups in total. The molecule has 1 amide bonds. The van der Waals surface area contributed by atoms with E-state index in [-0.39, 0.29) is 17.4 Å². The third-order valence-electron chi connectivity index (χ3n) is 4.06. The lowest BCUT2D eigenvalue weighted by Gasteiger charge is -2.29. The zero-order chi connectivity index (χ0) is 18.6. The fraction of sp³-hybridized carbons (Fsp3) is 0.429. The maximum atomic E-state index is 12.9. The molecule has 1 atom stereocenters. The Morgan fingerprint density at radius 1 is 1.08 bits per heavy atom. The minimum atomic E-state index is -0.580. The third kappa shape index (κ3) is 4.81. The Kier molecular flexibility index (Phi) is 5.83. The van der Waals surface area contributed by atoms with Crippen molar-refractivity contribution in [2.45, 2.75) is 59.1 Å². The SMILES string of the molecule is CC(Oc1ccc(C(C)(C)C)cc1)C(=O)N(c1cccnc1)C(C)C. The van der Waals surface area contributed by atoms with E-state index in [1.807, 2.05) is 50.2 Å². The van der Waals surface area contributed by atoms with Gasteiger partial charge in [0.15, 0.2) is 6.10 Å². The average Bonchev–Trinajstić information content (AvgIpc) is 2.55. The van der Waals surface area contributed by atoms with Crippen LogP contribution in [0.25, 0.3) is 0 Å². The zero-order valence-corrected chi connectivity index (χ0v) is 16.0. The number of rotatable bonds is 5. The fourth-order valence-electron chi connectivity index (χ4n) is 2.66. The van der Waals surface area contributed by atoms with Gasteiger partial charge in [-0.15, -0.1) is 0 Å². The van der Waals surface area contributed by atoms with Gasteiger partial charge >= 0.3 is 0 Å². The molecule has 0 spiro atoms. The summed E-state index contributed by atoms with van der Waals surface area (Å²) in [5.41, 5.74) is 2.10. The predicted octanol–water partition coefficient (Wildman–Crippen LogP) is 4.59. The Bertz CT molecular complexity index is 688. The van der Waals surface area contributed by atoms with Crippen LogP contribution in [0.1, 0.15) is 47.1 Å². The fourth-order valence-corrected chi connectivity index (χ4v) is 2.66. The molecule has 1 heterocycles. The van der Waals surface area contributed by atoms with E-state index in [1.165, 1.54) is 5.56 Å². The normalized spacial score (nSPS) is 12.8. The summed E-state index contributed by atoms with van der Waals surface area (Å²) in [5, 5.41) is 0. The van der Waals surface area contributed by atoms with Crippen LogP contribution in [-0.4, -0.2) is 23.0 Å². The summed E-state index contributed by atoms with van der Waals surface area (Å²) in [7, 11) is 0. The van der Waals surface area contributed by atoms with Gasteiger partial charge in [0, 0.05) is 12.2 Å². The molecule has 1 unspecified atom stereocenters. The van der Waals surface area contributed by atoms with Gasteiger partial charge in [-0.05, 0) is 56.0 Å². The third-order valence-corrected chi connectivity index (χ3v) is 4.06. The minimum Gasteiger partial charge on any atom is -0.481 e. The van der Waals surface area contributed by atoms with Crippen molar-refractivity contribution >= 4 is 11.6 Å². The Morgan fingerprint density at radius 2 is 1.72 bits per heavy atom. The molecule has 1 aromatic heterocycles. The smallest absolute Gasteiger partial charge is 0.268 e. The summed E-state index contributed by atoms with van der Waals surface area (Å²) in [4.78, 5) is 18.7. The van der Waals surface area contributed by atoms with Gasteiger partial charge in [0.05, 0.1) is 11.9 Å². The van der Waals surface area contributed by atoms with Crippen LogP contribution in [0.5, 0.6) is 5.75 Å². The summed E-state index contributed by atoms with van der Waals surface area (Å²) >= 11 is 0. The number of anilines is 1. The highest BCUT2D eigenvalue weighted by Crippen LogP contribution is 2.25. The number of hydrogen-bond acceptors (Lipinski definition) is 3. The minimum absolute atomic E-state index is 0.0195. The number of aromatic nitrogens is 1. The van der Waals surface area contributed by atoms with E-state index in [1.54, 1.807) is 24.2 Å². The predicted molar refractivity (Wildman–Crippen MR) is 102 cm³/mol. The molecule has 0 fully saturated rings. The highest BCUT2D eigenvalue weighted by molar-refractivity contribution is 5.96. The molecule has 0 aliphatic heterocycles. The molecule has 0 saturated carbocycles. The number of nitrogens with zero attached hydrogens (tertiary/aromatic N) is 2. The van der Waals surface area contributed by atoms with Gasteiger partial charge in [0.2, 0.25) is 0 Å². The highest BCUT2D eigenvalue weighted by Gasteiger charge is 2.26. The van der Waals surface area contributed by atoms with Gasteiger partial charge in [-0.1, -0.05) is 32.9 Å². The summed E-state index contributed by atoms with van der Waals surface area (Å²) in [6.07, 6.45) is 2.81. The summed E-state index contributed by atoms with van der Waals surface area (Å²) in [6, 6.07) is 11.7. The molecular weight excluding hydrogens is 312 g/mol. The lowest BCUT2D eigenvalue weighted by atomic mass is 9.87. The number of carbonyl (C=O) groups is 1. The van der Waals surface area contributed by atoms with Crippen molar-refractivity contribution in [2.24, 2.45) is 0 Å². The van der Waals surface area contributed by atoms with Crippen molar-refractivity contribution < 1.29 is 9.53 Å². The molecule has 0 saturated heterocycles. The van der Waals surface area contributed by atoms with E-state index in [9.17, 15) is 4.79 Å². The maximum Gasteiger partial charge on any atom is 0.268 e. The van der Waals surface area contributed by atoms with Crippen molar-refractivity contribution in [3.05, 3.63) is 54.4 Å². The van der Waals surface area contributed by atoms with Crippen molar-refractivity contribution in [1.29, 1.82) is 0 Å². The Labute approximate surface area is 150 Å². The molecule has 2 rings (SSSR count). The Balaban J connectivity index is 2.13. The van der Waals surface area contributed by atoms with Crippen molar-refractivity contribution in [3.8, 4) is 5.75 Å². The molecular formula is C21H28N2O2. The van der Waals surface area contributed by atoms with Crippen molar-refractivity contribution in [1.82, 2.24) is 4.98 Å². The summed E-state index contributed by atoms with van der Waals surface area (Å²) < 4.78 is 5.88. The molecule has 0 aliphatic rings. The summed E-state index contributed by atoms with van der Waals surface area (Å²) in [6.45, 7) is 12.3. The topological polar surface area (TPSA) is 42.4 Å². The standard InChI is InChI=1S/C21H28N2O2/c1-15(2)23(18-8-7-13-22-14-18)20(24)16(3)25-19-11-9-17(10-12-19)21(4,5)6/h7-16H,1-6H3. The van der Waals surface area contributed by atoms with Crippen molar-refractivity contribution in [2.75, 3.05) is 4.90 Å². The van der Waals surface area contributed by atoms with E-state index < -0.39 is 6.10 Å². The van der Waals surface area contributed by atoms with Crippen molar-refractivity contribution in [3.63, 3.8) is 0 Å². The first kappa shape index (κ1) is 19.0. The first-order chi connectivity index (χ1) is 11.7. The molecule has 4 heteroatoms.